The fourth-order valence-corrected chi connectivity index (χ4v) is 5.08. The van der Waals surface area contributed by atoms with Gasteiger partial charge in [-0.1, -0.05) is 18.2 Å². The molecular weight excluding hydrogens is 498 g/mol. The number of hydrogen-bond acceptors (Lipinski definition) is 7. The van der Waals surface area contributed by atoms with Crippen molar-refractivity contribution in [3.63, 3.8) is 0 Å². The van der Waals surface area contributed by atoms with E-state index in [1.54, 1.807) is 19.2 Å². The molecule has 10 nitrogen and oxygen atoms in total. The van der Waals surface area contributed by atoms with Gasteiger partial charge in [-0.05, 0) is 67.8 Å². The molecule has 0 unspecified atom stereocenters. The van der Waals surface area contributed by atoms with Crippen molar-refractivity contribution in [3.8, 4) is 11.5 Å². The number of carbonyl (C=O) groups excluding carboxylic acids is 1. The minimum Gasteiger partial charge on any atom is -0.497 e. The Morgan fingerprint density at radius 2 is 1.57 bits per heavy atom. The van der Waals surface area contributed by atoms with Gasteiger partial charge in [0.1, 0.15) is 18.0 Å². The Balaban J connectivity index is 1.77. The molecule has 3 aromatic rings. The quantitative estimate of drug-likeness (QED) is 0.215. The largest absolute Gasteiger partial charge is 0.497 e. The van der Waals surface area contributed by atoms with E-state index in [0.29, 0.717) is 24.3 Å². The molecule has 0 aliphatic rings. The third-order valence-electron chi connectivity index (χ3n) is 5.74. The molecule has 0 spiro atoms. The van der Waals surface area contributed by atoms with Gasteiger partial charge in [0, 0.05) is 18.2 Å². The zero-order chi connectivity index (χ0) is 27.0. The lowest BCUT2D eigenvalue weighted by atomic mass is 10.1. The molecule has 0 saturated heterocycles. The maximum atomic E-state index is 13.6. The number of hydrogen-bond donors (Lipinski definition) is 1. The van der Waals surface area contributed by atoms with Gasteiger partial charge < -0.3 is 14.8 Å². The number of amides is 1. The Morgan fingerprint density at radius 1 is 0.973 bits per heavy atom. The molecule has 11 heteroatoms. The molecule has 0 atom stereocenters. The highest BCUT2D eigenvalue weighted by Crippen LogP contribution is 2.29. The number of methoxy groups -OCH3 is 2. The highest BCUT2D eigenvalue weighted by molar-refractivity contribution is 7.92. The molecule has 0 heterocycles. The molecule has 1 amide bonds. The van der Waals surface area contributed by atoms with E-state index in [0.717, 1.165) is 28.1 Å². The van der Waals surface area contributed by atoms with E-state index < -0.39 is 27.4 Å². The number of nitrogens with zero attached hydrogens (tertiary/aromatic N) is 2. The minimum atomic E-state index is -4.31. The van der Waals surface area contributed by atoms with Crippen LogP contribution >= 0.6 is 0 Å². The number of rotatable bonds is 12. The van der Waals surface area contributed by atoms with Crippen LogP contribution in [0.15, 0.2) is 71.6 Å². The summed E-state index contributed by atoms with van der Waals surface area (Å²) in [6, 6.07) is 17.4. The summed E-state index contributed by atoms with van der Waals surface area (Å²) in [6.45, 7) is 1.37. The van der Waals surface area contributed by atoms with E-state index in [2.05, 4.69) is 5.32 Å². The van der Waals surface area contributed by atoms with Crippen LogP contribution in [0.4, 0.5) is 11.4 Å². The Morgan fingerprint density at radius 3 is 2.14 bits per heavy atom. The van der Waals surface area contributed by atoms with E-state index in [1.807, 2.05) is 24.3 Å². The first-order valence-corrected chi connectivity index (χ1v) is 12.9. The molecule has 0 radical (unpaired) electrons. The second kappa shape index (κ2) is 12.2. The number of nitro groups is 1. The first kappa shape index (κ1) is 27.5. The first-order valence-electron chi connectivity index (χ1n) is 11.5. The number of benzene rings is 3. The Kier molecular flexibility index (Phi) is 9.07. The predicted octanol–water partition coefficient (Wildman–Crippen LogP) is 3.86. The second-order valence-electron chi connectivity index (χ2n) is 8.22. The number of anilines is 1. The summed E-state index contributed by atoms with van der Waals surface area (Å²) in [5, 5.41) is 14.1. The van der Waals surface area contributed by atoms with Crippen LogP contribution in [0.25, 0.3) is 0 Å². The number of sulfonamides is 1. The summed E-state index contributed by atoms with van der Waals surface area (Å²) in [5.41, 5.74) is 1.31. The van der Waals surface area contributed by atoms with Crippen molar-refractivity contribution in [3.05, 3.63) is 88.0 Å². The molecule has 3 aromatic carbocycles. The van der Waals surface area contributed by atoms with Gasteiger partial charge in [0.25, 0.3) is 15.7 Å². The van der Waals surface area contributed by atoms with Gasteiger partial charge in [-0.25, -0.2) is 8.42 Å². The lowest BCUT2D eigenvalue weighted by molar-refractivity contribution is -0.385. The zero-order valence-electron chi connectivity index (χ0n) is 20.8. The first-order chi connectivity index (χ1) is 17.6. The van der Waals surface area contributed by atoms with Gasteiger partial charge in [-0.15, -0.1) is 0 Å². The fourth-order valence-electron chi connectivity index (χ4n) is 3.64. The highest BCUT2D eigenvalue weighted by atomic mass is 32.2. The van der Waals surface area contributed by atoms with Crippen molar-refractivity contribution in [1.29, 1.82) is 0 Å². The minimum absolute atomic E-state index is 0.220. The lowest BCUT2D eigenvalue weighted by Crippen LogP contribution is -2.41. The van der Waals surface area contributed by atoms with Crippen molar-refractivity contribution in [2.75, 3.05) is 31.6 Å². The second-order valence-corrected chi connectivity index (χ2v) is 10.1. The fraction of sp³-hybridized carbons (Fsp3) is 0.269. The highest BCUT2D eigenvalue weighted by Gasteiger charge is 2.29. The van der Waals surface area contributed by atoms with Crippen LogP contribution in [0, 0.1) is 17.0 Å². The number of nitro benzene ring substituents is 1. The summed E-state index contributed by atoms with van der Waals surface area (Å²) in [7, 11) is -1.23. The van der Waals surface area contributed by atoms with E-state index in [9.17, 15) is 23.3 Å². The molecule has 0 aromatic heterocycles. The van der Waals surface area contributed by atoms with E-state index in [4.69, 9.17) is 9.47 Å². The maximum absolute atomic E-state index is 13.6. The SMILES string of the molecule is COc1ccc(CCCNC(=O)CN(c2ccc(OC)cc2)S(=O)(=O)c2ccc(C)c([N+](=O)[O-])c2)cc1. The summed E-state index contributed by atoms with van der Waals surface area (Å²) < 4.78 is 38.3. The van der Waals surface area contributed by atoms with Crippen LogP contribution in [0.5, 0.6) is 11.5 Å². The Bertz CT molecular complexity index is 1340. The van der Waals surface area contributed by atoms with Crippen LogP contribution in [-0.4, -0.2) is 46.6 Å². The summed E-state index contributed by atoms with van der Waals surface area (Å²) in [5.74, 6) is 0.765. The molecule has 3 rings (SSSR count). The molecule has 0 aliphatic heterocycles. The number of nitrogens with one attached hydrogen (secondary N) is 1. The van der Waals surface area contributed by atoms with E-state index in [-0.39, 0.29) is 16.3 Å². The standard InChI is InChI=1S/C26H29N3O7S/c1-19-6-15-24(17-25(19)29(31)32)37(33,34)28(21-9-13-23(36-3)14-10-21)18-26(30)27-16-4-5-20-7-11-22(35-2)12-8-20/h6-15,17H,4-5,16,18H2,1-3H3,(H,27,30). The molecule has 0 aliphatic carbocycles. The predicted molar refractivity (Wildman–Crippen MR) is 140 cm³/mol. The van der Waals surface area contributed by atoms with E-state index in [1.165, 1.54) is 38.3 Å². The number of carbonyl (C=O) groups is 1. The van der Waals surface area contributed by atoms with Crippen molar-refractivity contribution >= 4 is 27.3 Å². The van der Waals surface area contributed by atoms with Crippen molar-refractivity contribution in [2.24, 2.45) is 0 Å². The number of aryl methyl sites for hydroxylation is 2. The molecule has 0 fully saturated rings. The number of ether oxygens (including phenoxy) is 2. The van der Waals surface area contributed by atoms with Gasteiger partial charge in [-0.2, -0.15) is 0 Å². The average molecular weight is 528 g/mol. The summed E-state index contributed by atoms with van der Waals surface area (Å²) in [6.07, 6.45) is 1.37. The summed E-state index contributed by atoms with van der Waals surface area (Å²) in [4.78, 5) is 23.2. The van der Waals surface area contributed by atoms with Gasteiger partial charge in [0.15, 0.2) is 0 Å². The molecule has 196 valence electrons. The Hall–Kier alpha value is -4.12. The molecule has 0 saturated carbocycles. The van der Waals surface area contributed by atoms with Gasteiger partial charge in [0.2, 0.25) is 5.91 Å². The van der Waals surface area contributed by atoms with Crippen LogP contribution in [-0.2, 0) is 21.2 Å². The van der Waals surface area contributed by atoms with Crippen LogP contribution in [0.2, 0.25) is 0 Å². The van der Waals surface area contributed by atoms with Gasteiger partial charge in [-0.3, -0.25) is 19.2 Å². The molecular formula is C26H29N3O7S. The molecule has 1 N–H and O–H groups in total. The van der Waals surface area contributed by atoms with Crippen LogP contribution in [0.3, 0.4) is 0 Å². The van der Waals surface area contributed by atoms with Crippen molar-refractivity contribution in [1.82, 2.24) is 5.32 Å². The van der Waals surface area contributed by atoms with Crippen molar-refractivity contribution < 1.29 is 27.6 Å². The van der Waals surface area contributed by atoms with Gasteiger partial charge in [0.05, 0.1) is 29.7 Å². The topological polar surface area (TPSA) is 128 Å². The third-order valence-corrected chi connectivity index (χ3v) is 7.51. The van der Waals surface area contributed by atoms with Crippen LogP contribution < -0.4 is 19.1 Å². The monoisotopic (exact) mass is 527 g/mol. The maximum Gasteiger partial charge on any atom is 0.273 e. The summed E-state index contributed by atoms with van der Waals surface area (Å²) >= 11 is 0. The normalized spacial score (nSPS) is 11.0. The van der Waals surface area contributed by atoms with Crippen molar-refractivity contribution in [2.45, 2.75) is 24.7 Å². The molecule has 37 heavy (non-hydrogen) atoms. The van der Waals surface area contributed by atoms with Crippen LogP contribution in [0.1, 0.15) is 17.5 Å². The smallest absolute Gasteiger partial charge is 0.273 e. The van der Waals surface area contributed by atoms with Gasteiger partial charge >= 0.3 is 0 Å². The zero-order valence-corrected chi connectivity index (χ0v) is 21.7. The third kappa shape index (κ3) is 6.98. The van der Waals surface area contributed by atoms with E-state index >= 15 is 0 Å². The lowest BCUT2D eigenvalue weighted by Gasteiger charge is -2.24. The average Bonchev–Trinajstić information content (AvgIpc) is 2.90. The Labute approximate surface area is 216 Å². The molecule has 0 bridgehead atoms.